The van der Waals surface area contributed by atoms with Gasteiger partial charge in [0.15, 0.2) is 0 Å². The zero-order valence-corrected chi connectivity index (χ0v) is 18.6. The third-order valence-electron chi connectivity index (χ3n) is 5.70. The number of benzene rings is 1. The minimum Gasteiger partial charge on any atom is -0.497 e. The summed E-state index contributed by atoms with van der Waals surface area (Å²) in [7, 11) is 5.60. The molecule has 7 nitrogen and oxygen atoms in total. The van der Waals surface area contributed by atoms with Gasteiger partial charge < -0.3 is 20.3 Å². The molecule has 1 atom stereocenters. The van der Waals surface area contributed by atoms with Gasteiger partial charge in [0, 0.05) is 37.8 Å². The Morgan fingerprint density at radius 3 is 2.40 bits per heavy atom. The Bertz CT molecular complexity index is 845. The first kappa shape index (κ1) is 21.9. The van der Waals surface area contributed by atoms with Crippen LogP contribution in [0.25, 0.3) is 0 Å². The number of carbonyl (C=O) groups excluding carboxylic acids is 1. The van der Waals surface area contributed by atoms with Crippen LogP contribution in [0.2, 0.25) is 0 Å². The van der Waals surface area contributed by atoms with Gasteiger partial charge >= 0.3 is 0 Å². The van der Waals surface area contributed by atoms with Crippen LogP contribution in [0.4, 0.5) is 11.8 Å². The largest absolute Gasteiger partial charge is 0.497 e. The third kappa shape index (κ3) is 5.62. The summed E-state index contributed by atoms with van der Waals surface area (Å²) in [4.78, 5) is 23.8. The quantitative estimate of drug-likeness (QED) is 0.723. The number of carbonyl (C=O) groups is 1. The van der Waals surface area contributed by atoms with Crippen molar-refractivity contribution >= 4 is 17.7 Å². The van der Waals surface area contributed by atoms with Gasteiger partial charge in [-0.3, -0.25) is 4.79 Å². The van der Waals surface area contributed by atoms with Crippen molar-refractivity contribution in [3.8, 4) is 5.75 Å². The summed E-state index contributed by atoms with van der Waals surface area (Å²) >= 11 is 0. The average Bonchev–Trinajstić information content (AvgIpc) is 2.73. The molecular weight excluding hydrogens is 378 g/mol. The maximum atomic E-state index is 12.7. The molecule has 0 saturated heterocycles. The van der Waals surface area contributed by atoms with Crippen molar-refractivity contribution in [1.82, 2.24) is 15.3 Å². The van der Waals surface area contributed by atoms with E-state index in [0.29, 0.717) is 12.0 Å². The summed E-state index contributed by atoms with van der Waals surface area (Å²) in [5, 5.41) is 6.63. The van der Waals surface area contributed by atoms with E-state index in [-0.39, 0.29) is 17.9 Å². The Balaban J connectivity index is 1.50. The summed E-state index contributed by atoms with van der Waals surface area (Å²) in [6, 6.07) is 10.1. The zero-order valence-electron chi connectivity index (χ0n) is 18.6. The van der Waals surface area contributed by atoms with Gasteiger partial charge in [-0.15, -0.1) is 0 Å². The Labute approximate surface area is 179 Å². The van der Waals surface area contributed by atoms with Crippen molar-refractivity contribution in [2.45, 2.75) is 51.6 Å². The van der Waals surface area contributed by atoms with Gasteiger partial charge in [0.2, 0.25) is 11.9 Å². The van der Waals surface area contributed by atoms with Gasteiger partial charge in [-0.1, -0.05) is 12.1 Å². The lowest BCUT2D eigenvalue weighted by Gasteiger charge is -2.29. The molecule has 1 aliphatic rings. The Kier molecular flexibility index (Phi) is 7.13. The zero-order chi connectivity index (χ0) is 21.7. The van der Waals surface area contributed by atoms with E-state index in [4.69, 9.17) is 4.74 Å². The molecule has 0 radical (unpaired) electrons. The molecule has 1 aromatic carbocycles. The lowest BCUT2D eigenvalue weighted by atomic mass is 9.85. The number of nitrogens with one attached hydrogen (secondary N) is 2. The number of hydrogen-bond donors (Lipinski definition) is 2. The molecule has 1 fully saturated rings. The van der Waals surface area contributed by atoms with Crippen LogP contribution in [0.3, 0.4) is 0 Å². The maximum Gasteiger partial charge on any atom is 0.225 e. The van der Waals surface area contributed by atoms with Gasteiger partial charge in [0.1, 0.15) is 11.6 Å². The topological polar surface area (TPSA) is 79.4 Å². The van der Waals surface area contributed by atoms with Crippen LogP contribution in [-0.2, 0) is 4.79 Å². The molecule has 30 heavy (non-hydrogen) atoms. The maximum absolute atomic E-state index is 12.7. The number of aromatic nitrogens is 2. The van der Waals surface area contributed by atoms with E-state index in [1.807, 2.05) is 63.2 Å². The minimum atomic E-state index is -0.0237. The second-order valence-electron chi connectivity index (χ2n) is 8.28. The summed E-state index contributed by atoms with van der Waals surface area (Å²) in [5.41, 5.74) is 2.02. The molecule has 2 N–H and O–H groups in total. The number of nitrogens with zero attached hydrogens (tertiary/aromatic N) is 3. The van der Waals surface area contributed by atoms with Crippen molar-refractivity contribution in [3.63, 3.8) is 0 Å². The number of hydrogen-bond acceptors (Lipinski definition) is 6. The van der Waals surface area contributed by atoms with E-state index in [9.17, 15) is 4.79 Å². The first-order valence-corrected chi connectivity index (χ1v) is 10.6. The molecular formula is C23H33N5O2. The monoisotopic (exact) mass is 411 g/mol. The molecule has 162 valence electrons. The first-order valence-electron chi connectivity index (χ1n) is 10.6. The molecule has 0 aliphatic heterocycles. The number of amides is 1. The third-order valence-corrected chi connectivity index (χ3v) is 5.70. The van der Waals surface area contributed by atoms with Crippen LogP contribution >= 0.6 is 0 Å². The van der Waals surface area contributed by atoms with Gasteiger partial charge in [-0.05, 0) is 57.2 Å². The van der Waals surface area contributed by atoms with Crippen LogP contribution < -0.4 is 20.3 Å². The molecule has 0 spiro atoms. The van der Waals surface area contributed by atoms with Gasteiger partial charge in [-0.2, -0.15) is 4.98 Å². The molecule has 1 saturated carbocycles. The SMILES string of the molecule is COc1ccc([C@H](C)NC(=O)[C@H]2CC[C@@H](Nc3nc(C)cc(N(C)C)n3)CC2)cc1. The number of rotatable bonds is 7. The Morgan fingerprint density at radius 2 is 1.80 bits per heavy atom. The van der Waals surface area contributed by atoms with Crippen molar-refractivity contribution in [2.75, 3.05) is 31.4 Å². The molecule has 1 aromatic heterocycles. The van der Waals surface area contributed by atoms with Gasteiger partial charge in [-0.25, -0.2) is 4.98 Å². The first-order chi connectivity index (χ1) is 14.4. The van der Waals surface area contributed by atoms with E-state index >= 15 is 0 Å². The van der Waals surface area contributed by atoms with Gasteiger partial charge in [0.05, 0.1) is 13.2 Å². The summed E-state index contributed by atoms with van der Waals surface area (Å²) in [6.07, 6.45) is 3.60. The second-order valence-corrected chi connectivity index (χ2v) is 8.28. The van der Waals surface area contributed by atoms with Gasteiger partial charge in [0.25, 0.3) is 0 Å². The average molecular weight is 412 g/mol. The highest BCUT2D eigenvalue weighted by molar-refractivity contribution is 5.79. The fourth-order valence-corrected chi connectivity index (χ4v) is 3.84. The standard InChI is InChI=1S/C23H33N5O2/c1-15-14-21(28(3)4)27-23(24-15)26-19-10-6-18(7-11-19)22(29)25-16(2)17-8-12-20(30-5)13-9-17/h8-9,12-14,16,18-19H,6-7,10-11H2,1-5H3,(H,25,29)(H,24,26,27)/t16-,18-,19+/m0/s1. The molecule has 0 bridgehead atoms. The van der Waals surface area contributed by atoms with Crippen LogP contribution in [0.15, 0.2) is 30.3 Å². The van der Waals surface area contributed by atoms with Crippen molar-refractivity contribution in [3.05, 3.63) is 41.6 Å². The molecule has 1 aliphatic carbocycles. The highest BCUT2D eigenvalue weighted by Crippen LogP contribution is 2.27. The summed E-state index contributed by atoms with van der Waals surface area (Å²) in [6.45, 7) is 4.00. The van der Waals surface area contributed by atoms with Crippen molar-refractivity contribution in [2.24, 2.45) is 5.92 Å². The van der Waals surface area contributed by atoms with E-state index in [0.717, 1.165) is 48.5 Å². The summed E-state index contributed by atoms with van der Waals surface area (Å²) in [5.74, 6) is 2.57. The molecule has 1 heterocycles. The van der Waals surface area contributed by atoms with E-state index in [1.165, 1.54) is 0 Å². The van der Waals surface area contributed by atoms with Crippen LogP contribution in [0.5, 0.6) is 5.75 Å². The molecule has 2 aromatic rings. The smallest absolute Gasteiger partial charge is 0.225 e. The number of ether oxygens (including phenoxy) is 1. The minimum absolute atomic E-state index is 0.0237. The highest BCUT2D eigenvalue weighted by atomic mass is 16.5. The number of aryl methyl sites for hydroxylation is 1. The molecule has 1 amide bonds. The van der Waals surface area contributed by atoms with Crippen LogP contribution in [0, 0.1) is 12.8 Å². The Hall–Kier alpha value is -2.83. The fraction of sp³-hybridized carbons (Fsp3) is 0.522. The van der Waals surface area contributed by atoms with E-state index in [2.05, 4.69) is 20.6 Å². The molecule has 3 rings (SSSR count). The summed E-state index contributed by atoms with van der Waals surface area (Å²) < 4.78 is 5.20. The van der Waals surface area contributed by atoms with Crippen molar-refractivity contribution < 1.29 is 9.53 Å². The van der Waals surface area contributed by atoms with E-state index < -0.39 is 0 Å². The molecule has 7 heteroatoms. The Morgan fingerprint density at radius 1 is 1.13 bits per heavy atom. The predicted molar refractivity (Wildman–Crippen MR) is 120 cm³/mol. The van der Waals surface area contributed by atoms with E-state index in [1.54, 1.807) is 7.11 Å². The lowest BCUT2D eigenvalue weighted by Crippen LogP contribution is -2.37. The number of anilines is 2. The van der Waals surface area contributed by atoms with Crippen molar-refractivity contribution in [1.29, 1.82) is 0 Å². The lowest BCUT2D eigenvalue weighted by molar-refractivity contribution is -0.126. The number of methoxy groups -OCH3 is 1. The predicted octanol–water partition coefficient (Wildman–Crippen LogP) is 3.71. The normalized spacial score (nSPS) is 19.6. The fourth-order valence-electron chi connectivity index (χ4n) is 3.84. The van der Waals surface area contributed by atoms with Crippen LogP contribution in [-0.4, -0.2) is 43.1 Å². The van der Waals surface area contributed by atoms with Crippen LogP contribution in [0.1, 0.15) is 49.9 Å². The second kappa shape index (κ2) is 9.78. The molecule has 0 unspecified atom stereocenters. The highest BCUT2D eigenvalue weighted by Gasteiger charge is 2.27.